The fourth-order valence-electron chi connectivity index (χ4n) is 8.17. The quantitative estimate of drug-likeness (QED) is 0.0175. The average Bonchev–Trinajstić information content (AvgIpc) is 3.52. The number of hydrogen-bond acceptors (Lipinski definition) is 10. The molecule has 0 amide bonds. The molecule has 0 aromatic heterocycles. The minimum atomic E-state index is -4.45. The Morgan fingerprint density at radius 1 is 0.708 bits per heavy atom. The number of carbonyl (C=O) groups excluding carboxylic acids is 3. The molecule has 13 heteroatoms. The highest BCUT2D eigenvalue weighted by molar-refractivity contribution is 7.47. The van der Waals surface area contributed by atoms with Gasteiger partial charge in [0.2, 0.25) is 0 Å². The number of ketones is 1. The van der Waals surface area contributed by atoms with Crippen molar-refractivity contribution in [2.45, 2.75) is 231 Å². The number of unbranched alkanes of at least 4 members (excludes halogenated alkanes) is 23. The number of esters is 2. The minimum absolute atomic E-state index is 0.0145. The summed E-state index contributed by atoms with van der Waals surface area (Å²) in [6.07, 6.45) is 37.4. The number of carbonyl (C=O) groups is 3. The predicted octanol–water partition coefficient (Wildman–Crippen LogP) is 12.1. The highest BCUT2D eigenvalue weighted by atomic mass is 31.2. The maximum atomic E-state index is 12.8. The molecule has 1 fully saturated rings. The number of nitrogens with zero attached hydrogens (tertiary/aromatic N) is 1. The third-order valence-electron chi connectivity index (χ3n) is 12.4. The molecule has 12 nitrogen and oxygen atoms in total. The topological polar surface area (TPSA) is 166 Å². The smallest absolute Gasteiger partial charge is 0.462 e. The molecule has 0 aliphatic heterocycles. The Morgan fingerprint density at radius 2 is 1.22 bits per heavy atom. The van der Waals surface area contributed by atoms with Crippen LogP contribution in [0.15, 0.2) is 24.3 Å². The fourth-order valence-corrected chi connectivity index (χ4v) is 8.92. The summed E-state index contributed by atoms with van der Waals surface area (Å²) >= 11 is 0. The fraction of sp³-hybridized carbons (Fsp3) is 0.865. The van der Waals surface area contributed by atoms with Gasteiger partial charge < -0.3 is 29.1 Å². The van der Waals surface area contributed by atoms with Crippen LogP contribution in [0.3, 0.4) is 0 Å². The number of phosphoric ester groups is 1. The Balaban J connectivity index is 2.38. The van der Waals surface area contributed by atoms with Crippen LogP contribution in [0.4, 0.5) is 0 Å². The van der Waals surface area contributed by atoms with Crippen molar-refractivity contribution in [3.63, 3.8) is 0 Å². The second-order valence-corrected chi connectivity index (χ2v) is 21.2. The SMILES string of the molecule is CCCCCCCCCCCCCCCCCCCCCCCC(=O)OC[C@H](COP(=O)(O)OCC[N+](C)(C)C)OC(=O)CCC/C=C\C[C@H]1[C@@H](O)CC(=O)[C@@H]1/C=C/[C@@H](O)CCCCC. The molecule has 380 valence electrons. The molecule has 1 unspecified atom stereocenters. The van der Waals surface area contributed by atoms with Crippen molar-refractivity contribution in [1.29, 1.82) is 0 Å². The van der Waals surface area contributed by atoms with Gasteiger partial charge in [0.15, 0.2) is 6.10 Å². The summed E-state index contributed by atoms with van der Waals surface area (Å²) < 4.78 is 34.4. The van der Waals surface area contributed by atoms with Gasteiger partial charge in [-0.25, -0.2) is 4.57 Å². The van der Waals surface area contributed by atoms with Gasteiger partial charge in [0, 0.05) is 31.1 Å². The zero-order chi connectivity index (χ0) is 48.0. The Morgan fingerprint density at radius 3 is 1.75 bits per heavy atom. The summed E-state index contributed by atoms with van der Waals surface area (Å²) in [6, 6.07) is 0. The number of rotatable bonds is 44. The number of ether oxygens (including phenoxy) is 2. The maximum absolute atomic E-state index is 12.8. The molecular formula is C52H97NO11P+. The molecular weight excluding hydrogens is 846 g/mol. The van der Waals surface area contributed by atoms with Crippen LogP contribution < -0.4 is 0 Å². The van der Waals surface area contributed by atoms with Crippen LogP contribution in [0, 0.1) is 11.8 Å². The lowest BCUT2D eigenvalue weighted by atomic mass is 9.90. The van der Waals surface area contributed by atoms with Crippen molar-refractivity contribution < 1.29 is 57.1 Å². The van der Waals surface area contributed by atoms with Gasteiger partial charge in [-0.1, -0.05) is 186 Å². The molecule has 0 saturated heterocycles. The molecule has 1 saturated carbocycles. The summed E-state index contributed by atoms with van der Waals surface area (Å²) in [5, 5.41) is 20.8. The van der Waals surface area contributed by atoms with Crippen LogP contribution in [0.25, 0.3) is 0 Å². The zero-order valence-electron chi connectivity index (χ0n) is 41.9. The summed E-state index contributed by atoms with van der Waals surface area (Å²) in [5.74, 6) is -1.73. The molecule has 0 spiro atoms. The number of allylic oxidation sites excluding steroid dienone is 3. The largest absolute Gasteiger partial charge is 0.472 e. The Kier molecular flexibility index (Phi) is 36.6. The van der Waals surface area contributed by atoms with Gasteiger partial charge in [-0.15, -0.1) is 0 Å². The van der Waals surface area contributed by atoms with Crippen molar-refractivity contribution >= 4 is 25.5 Å². The highest BCUT2D eigenvalue weighted by Gasteiger charge is 2.39. The number of Topliss-reactive ketones (excluding diaryl/α,β-unsaturated/α-hetero) is 1. The van der Waals surface area contributed by atoms with Gasteiger partial charge >= 0.3 is 19.8 Å². The molecule has 1 aliphatic carbocycles. The number of aliphatic hydroxyl groups excluding tert-OH is 2. The molecule has 0 heterocycles. The van der Waals surface area contributed by atoms with Crippen molar-refractivity contribution in [3.05, 3.63) is 24.3 Å². The predicted molar refractivity (Wildman–Crippen MR) is 262 cm³/mol. The standard InChI is InChI=1S/C52H96NO11P/c1-6-8-10-11-12-13-14-15-16-17-18-19-20-21-22-23-24-25-26-27-32-36-51(57)61-43-46(44-63-65(59,60)62-41-40-53(3,4)5)64-52(58)37-33-29-28-31-35-47-48(50(56)42-49(47)55)39-38-45(54)34-30-9-7-2/h28,31,38-39,45-49,54-55H,6-27,29-30,32-37,40-44H2,1-5H3/p+1/b31-28-,39-38+/t45-,46+,47+,48+,49-/m0/s1. The Hall–Kier alpha value is -1.92. The Bertz CT molecular complexity index is 1320. The molecule has 3 N–H and O–H groups in total. The molecule has 6 atom stereocenters. The van der Waals surface area contributed by atoms with E-state index < -0.39 is 50.6 Å². The first-order valence-electron chi connectivity index (χ1n) is 26.2. The third kappa shape index (κ3) is 35.8. The maximum Gasteiger partial charge on any atom is 0.472 e. The second kappa shape index (κ2) is 39.0. The van der Waals surface area contributed by atoms with Crippen molar-refractivity contribution in [2.75, 3.05) is 47.5 Å². The van der Waals surface area contributed by atoms with Crippen LogP contribution in [-0.4, -0.2) is 103 Å². The van der Waals surface area contributed by atoms with Gasteiger partial charge in [0.25, 0.3) is 0 Å². The highest BCUT2D eigenvalue weighted by Crippen LogP contribution is 2.43. The third-order valence-corrected chi connectivity index (χ3v) is 13.3. The van der Waals surface area contributed by atoms with Gasteiger partial charge in [0.1, 0.15) is 25.5 Å². The molecule has 0 radical (unpaired) electrons. The van der Waals surface area contributed by atoms with Gasteiger partial charge in [0.05, 0.1) is 40.0 Å². The van der Waals surface area contributed by atoms with E-state index in [2.05, 4.69) is 13.8 Å². The zero-order valence-corrected chi connectivity index (χ0v) is 42.8. The molecule has 0 bridgehead atoms. The first-order valence-corrected chi connectivity index (χ1v) is 27.7. The van der Waals surface area contributed by atoms with Gasteiger partial charge in [-0.3, -0.25) is 23.4 Å². The van der Waals surface area contributed by atoms with E-state index in [0.29, 0.717) is 43.1 Å². The normalized spacial score (nSPS) is 18.7. The summed E-state index contributed by atoms with van der Waals surface area (Å²) in [6.45, 7) is 4.04. The number of aliphatic hydroxyl groups is 2. The molecule has 1 rings (SSSR count). The van der Waals surface area contributed by atoms with E-state index >= 15 is 0 Å². The van der Waals surface area contributed by atoms with Gasteiger partial charge in [-0.05, 0) is 32.1 Å². The lowest BCUT2D eigenvalue weighted by molar-refractivity contribution is -0.870. The van der Waals surface area contributed by atoms with E-state index in [1.807, 2.05) is 33.3 Å². The van der Waals surface area contributed by atoms with Crippen molar-refractivity contribution in [2.24, 2.45) is 11.8 Å². The van der Waals surface area contributed by atoms with Crippen molar-refractivity contribution in [3.8, 4) is 0 Å². The monoisotopic (exact) mass is 943 g/mol. The Labute approximate surface area is 396 Å². The second-order valence-electron chi connectivity index (χ2n) is 19.7. The van der Waals surface area contributed by atoms with E-state index in [9.17, 15) is 34.1 Å². The van der Waals surface area contributed by atoms with Crippen molar-refractivity contribution in [1.82, 2.24) is 0 Å². The van der Waals surface area contributed by atoms with E-state index in [4.69, 9.17) is 18.5 Å². The molecule has 0 aromatic carbocycles. The summed E-state index contributed by atoms with van der Waals surface area (Å²) in [5.41, 5.74) is 0. The minimum Gasteiger partial charge on any atom is -0.462 e. The first kappa shape index (κ1) is 61.1. The number of hydrogen-bond donors (Lipinski definition) is 3. The van der Waals surface area contributed by atoms with E-state index in [1.165, 1.54) is 109 Å². The van der Waals surface area contributed by atoms with Crippen LogP contribution in [0.5, 0.6) is 0 Å². The average molecular weight is 943 g/mol. The van der Waals surface area contributed by atoms with E-state index in [0.717, 1.165) is 38.5 Å². The van der Waals surface area contributed by atoms with Crippen LogP contribution >= 0.6 is 7.82 Å². The summed E-state index contributed by atoms with van der Waals surface area (Å²) in [7, 11) is 1.32. The van der Waals surface area contributed by atoms with E-state index in [1.54, 1.807) is 12.2 Å². The number of phosphoric acid groups is 1. The number of likely N-dealkylation sites (N-methyl/N-ethyl adjacent to an activating group) is 1. The van der Waals surface area contributed by atoms with Crippen LogP contribution in [0.2, 0.25) is 0 Å². The lowest BCUT2D eigenvalue weighted by Gasteiger charge is -2.24. The molecule has 65 heavy (non-hydrogen) atoms. The number of quaternary nitrogens is 1. The summed E-state index contributed by atoms with van der Waals surface area (Å²) in [4.78, 5) is 48.3. The van der Waals surface area contributed by atoms with Crippen LogP contribution in [0.1, 0.15) is 213 Å². The van der Waals surface area contributed by atoms with Gasteiger partial charge in [-0.2, -0.15) is 0 Å². The van der Waals surface area contributed by atoms with Crippen LogP contribution in [-0.2, 0) is 37.5 Å². The molecule has 1 aliphatic rings. The molecule has 0 aromatic rings. The first-order chi connectivity index (χ1) is 31.2. The lowest BCUT2D eigenvalue weighted by Crippen LogP contribution is -2.37. The van der Waals surface area contributed by atoms with E-state index in [-0.39, 0.29) is 44.2 Å².